The minimum atomic E-state index is -0.617. The number of carbonyl (C=O) groups is 2. The van der Waals surface area contributed by atoms with Crippen molar-refractivity contribution < 1.29 is 9.59 Å². The van der Waals surface area contributed by atoms with E-state index in [1.54, 1.807) is 16.7 Å². The molecule has 6 heteroatoms. The quantitative estimate of drug-likeness (QED) is 0.304. The highest BCUT2D eigenvalue weighted by Crippen LogP contribution is 2.20. The summed E-state index contributed by atoms with van der Waals surface area (Å²) in [6.07, 6.45) is 0.451. The Bertz CT molecular complexity index is 1120. The van der Waals surface area contributed by atoms with E-state index >= 15 is 0 Å². The van der Waals surface area contributed by atoms with Crippen LogP contribution in [0.25, 0.3) is 0 Å². The zero-order valence-corrected chi connectivity index (χ0v) is 22.8. The van der Waals surface area contributed by atoms with Gasteiger partial charge in [0.1, 0.15) is 6.04 Å². The maximum absolute atomic E-state index is 13.6. The summed E-state index contributed by atoms with van der Waals surface area (Å²) >= 11 is 7.67. The van der Waals surface area contributed by atoms with Gasteiger partial charge in [0.05, 0.1) is 5.75 Å². The second-order valence-electron chi connectivity index (χ2n) is 9.47. The highest BCUT2D eigenvalue weighted by molar-refractivity contribution is 7.99. The van der Waals surface area contributed by atoms with Crippen molar-refractivity contribution in [2.24, 2.45) is 5.92 Å². The normalized spacial score (nSPS) is 11.8. The summed E-state index contributed by atoms with van der Waals surface area (Å²) in [6, 6.07) is 25.0. The van der Waals surface area contributed by atoms with E-state index in [4.69, 9.17) is 11.6 Å². The molecule has 0 aliphatic carbocycles. The first kappa shape index (κ1) is 27.8. The second-order valence-corrected chi connectivity index (χ2v) is 10.9. The predicted octanol–water partition coefficient (Wildman–Crippen LogP) is 6.29. The lowest BCUT2D eigenvalue weighted by molar-refractivity contribution is -0.139. The monoisotopic (exact) mass is 522 g/mol. The van der Waals surface area contributed by atoms with Crippen molar-refractivity contribution in [2.75, 3.05) is 12.3 Å². The van der Waals surface area contributed by atoms with E-state index in [2.05, 4.69) is 44.3 Å². The van der Waals surface area contributed by atoms with Crippen molar-refractivity contribution in [3.8, 4) is 0 Å². The van der Waals surface area contributed by atoms with Crippen LogP contribution in [0.2, 0.25) is 5.02 Å². The zero-order chi connectivity index (χ0) is 25.9. The van der Waals surface area contributed by atoms with Crippen LogP contribution in [0.15, 0.2) is 78.9 Å². The third-order valence-corrected chi connectivity index (χ3v) is 7.04. The lowest BCUT2D eigenvalue weighted by atomic mass is 10.0. The first-order valence-corrected chi connectivity index (χ1v) is 13.8. The van der Waals surface area contributed by atoms with Crippen molar-refractivity contribution in [2.45, 2.75) is 45.5 Å². The fourth-order valence-electron chi connectivity index (χ4n) is 3.90. The van der Waals surface area contributed by atoms with Gasteiger partial charge in [0.2, 0.25) is 11.8 Å². The van der Waals surface area contributed by atoms with Gasteiger partial charge in [-0.1, -0.05) is 97.7 Å². The van der Waals surface area contributed by atoms with E-state index in [-0.39, 0.29) is 11.8 Å². The molecule has 0 heterocycles. The average Bonchev–Trinajstić information content (AvgIpc) is 2.86. The van der Waals surface area contributed by atoms with Crippen LogP contribution in [0.3, 0.4) is 0 Å². The molecule has 0 radical (unpaired) electrons. The van der Waals surface area contributed by atoms with Gasteiger partial charge in [-0.05, 0) is 41.7 Å². The summed E-state index contributed by atoms with van der Waals surface area (Å²) in [6.45, 7) is 7.09. The van der Waals surface area contributed by atoms with E-state index < -0.39 is 6.04 Å². The van der Waals surface area contributed by atoms with Gasteiger partial charge in [0, 0.05) is 30.3 Å². The summed E-state index contributed by atoms with van der Waals surface area (Å²) in [5.74, 6) is 1.17. The minimum Gasteiger partial charge on any atom is -0.354 e. The summed E-state index contributed by atoms with van der Waals surface area (Å²) in [5, 5.41) is 3.70. The predicted molar refractivity (Wildman–Crippen MR) is 151 cm³/mol. The third-order valence-electron chi connectivity index (χ3n) is 5.80. The largest absolute Gasteiger partial charge is 0.354 e. The summed E-state index contributed by atoms with van der Waals surface area (Å²) < 4.78 is 0. The van der Waals surface area contributed by atoms with Crippen LogP contribution in [0.4, 0.5) is 0 Å². The number of hydrogen-bond donors (Lipinski definition) is 1. The molecule has 0 saturated carbocycles. The molecule has 0 fully saturated rings. The van der Waals surface area contributed by atoms with Crippen LogP contribution >= 0.6 is 23.4 Å². The lowest BCUT2D eigenvalue weighted by Crippen LogP contribution is -2.51. The van der Waals surface area contributed by atoms with Gasteiger partial charge in [-0.25, -0.2) is 0 Å². The number of halogens is 1. The molecule has 2 amide bonds. The van der Waals surface area contributed by atoms with Gasteiger partial charge in [0.15, 0.2) is 0 Å². The number of thioether (sulfide) groups is 1. The van der Waals surface area contributed by atoms with Gasteiger partial charge in [-0.2, -0.15) is 0 Å². The Balaban J connectivity index is 1.83. The van der Waals surface area contributed by atoms with Crippen molar-refractivity contribution in [3.63, 3.8) is 0 Å². The molecule has 3 aromatic carbocycles. The average molecular weight is 523 g/mol. The van der Waals surface area contributed by atoms with E-state index in [0.29, 0.717) is 36.2 Å². The molecule has 3 aromatic rings. The molecule has 0 unspecified atom stereocenters. The van der Waals surface area contributed by atoms with Gasteiger partial charge in [-0.15, -0.1) is 11.8 Å². The topological polar surface area (TPSA) is 49.4 Å². The number of carbonyl (C=O) groups excluding carboxylic acids is 2. The van der Waals surface area contributed by atoms with Gasteiger partial charge >= 0.3 is 0 Å². The molecule has 190 valence electrons. The highest BCUT2D eigenvalue weighted by atomic mass is 35.5. The van der Waals surface area contributed by atoms with Gasteiger partial charge in [-0.3, -0.25) is 9.59 Å². The molecular formula is C30H35ClN2O2S. The Morgan fingerprint density at radius 1 is 0.917 bits per heavy atom. The SMILES string of the molecule is Cc1cccc(CSCC(=O)N(Cc2ccc(Cl)cc2)[C@H](Cc2ccccc2)C(=O)NCC(C)C)c1. The molecule has 0 aliphatic rings. The summed E-state index contributed by atoms with van der Waals surface area (Å²) in [7, 11) is 0. The first-order chi connectivity index (χ1) is 17.3. The molecular weight excluding hydrogens is 488 g/mol. The molecule has 0 aromatic heterocycles. The summed E-state index contributed by atoms with van der Waals surface area (Å²) in [5.41, 5.74) is 4.34. The Morgan fingerprint density at radius 2 is 1.61 bits per heavy atom. The Morgan fingerprint density at radius 3 is 2.28 bits per heavy atom. The van der Waals surface area contributed by atoms with Gasteiger partial charge in [0.25, 0.3) is 0 Å². The summed E-state index contributed by atoms with van der Waals surface area (Å²) in [4.78, 5) is 28.8. The minimum absolute atomic E-state index is 0.0526. The van der Waals surface area contributed by atoms with E-state index in [1.165, 1.54) is 11.1 Å². The molecule has 1 atom stereocenters. The molecule has 0 spiro atoms. The maximum Gasteiger partial charge on any atom is 0.243 e. The lowest BCUT2D eigenvalue weighted by Gasteiger charge is -2.32. The van der Waals surface area contributed by atoms with Crippen molar-refractivity contribution in [3.05, 3.63) is 106 Å². The Kier molecular flexibility index (Phi) is 10.9. The number of aryl methyl sites for hydroxylation is 1. The highest BCUT2D eigenvalue weighted by Gasteiger charge is 2.30. The maximum atomic E-state index is 13.6. The molecule has 36 heavy (non-hydrogen) atoms. The van der Waals surface area contributed by atoms with Gasteiger partial charge < -0.3 is 10.2 Å². The molecule has 0 bridgehead atoms. The van der Waals surface area contributed by atoms with Crippen molar-refractivity contribution in [1.29, 1.82) is 0 Å². The van der Waals surface area contributed by atoms with Crippen molar-refractivity contribution in [1.82, 2.24) is 10.2 Å². The van der Waals surface area contributed by atoms with Crippen molar-refractivity contribution >= 4 is 35.2 Å². The standard InChI is InChI=1S/C30H35ClN2O2S/c1-22(2)18-32-30(35)28(17-24-9-5-4-6-10-24)33(19-25-12-14-27(31)15-13-25)29(34)21-36-20-26-11-7-8-23(3)16-26/h4-16,22,28H,17-21H2,1-3H3,(H,32,35)/t28-/m1/s1. The second kappa shape index (κ2) is 14.1. The van der Waals surface area contributed by atoms with E-state index in [9.17, 15) is 9.59 Å². The molecule has 0 saturated heterocycles. The molecule has 0 aliphatic heterocycles. The van der Waals surface area contributed by atoms with Crippen LogP contribution in [0.5, 0.6) is 0 Å². The molecule has 3 rings (SSSR count). The van der Waals surface area contributed by atoms with Crippen LogP contribution in [0, 0.1) is 12.8 Å². The molecule has 1 N–H and O–H groups in total. The smallest absolute Gasteiger partial charge is 0.243 e. The van der Waals surface area contributed by atoms with Crippen LogP contribution in [0.1, 0.15) is 36.1 Å². The fraction of sp³-hybridized carbons (Fsp3) is 0.333. The van der Waals surface area contributed by atoms with E-state index in [0.717, 1.165) is 16.9 Å². The number of nitrogens with zero attached hydrogens (tertiary/aromatic N) is 1. The number of amides is 2. The van der Waals surface area contributed by atoms with Crippen LogP contribution < -0.4 is 5.32 Å². The van der Waals surface area contributed by atoms with Crippen LogP contribution in [-0.4, -0.2) is 35.1 Å². The van der Waals surface area contributed by atoms with E-state index in [1.807, 2.05) is 60.7 Å². The Hall–Kier alpha value is -2.76. The Labute approximate surface area is 224 Å². The number of benzene rings is 3. The molecule has 4 nitrogen and oxygen atoms in total. The number of nitrogens with one attached hydrogen (secondary N) is 1. The first-order valence-electron chi connectivity index (χ1n) is 12.3. The third kappa shape index (κ3) is 9.03. The zero-order valence-electron chi connectivity index (χ0n) is 21.2. The fourth-order valence-corrected chi connectivity index (χ4v) is 4.89. The number of hydrogen-bond acceptors (Lipinski definition) is 3. The number of rotatable bonds is 12. The van der Waals surface area contributed by atoms with Crippen LogP contribution in [-0.2, 0) is 28.3 Å².